The van der Waals surface area contributed by atoms with Gasteiger partial charge in [-0.3, -0.25) is 9.80 Å². The van der Waals surface area contributed by atoms with Crippen molar-refractivity contribution in [2.24, 2.45) is 5.14 Å². The zero-order valence-electron chi connectivity index (χ0n) is 12.7. The van der Waals surface area contributed by atoms with Crippen LogP contribution in [0.1, 0.15) is 18.1 Å². The summed E-state index contributed by atoms with van der Waals surface area (Å²) >= 11 is 0. The molecule has 2 rings (SSSR count). The molecule has 0 aromatic heterocycles. The first-order valence-corrected chi connectivity index (χ1v) is 9.21. The van der Waals surface area contributed by atoms with Gasteiger partial charge in [-0.2, -0.15) is 0 Å². The first kappa shape index (κ1) is 16.4. The van der Waals surface area contributed by atoms with Gasteiger partial charge in [-0.1, -0.05) is 31.2 Å². The van der Waals surface area contributed by atoms with Gasteiger partial charge in [0, 0.05) is 39.3 Å². The standard InChI is InChI=1S/C15H25N3O2S/c1-2-14-4-3-5-15(12-14)13-18-8-6-17(7-9-18)10-11-21(16,19)20/h3-5,12H,2,6-11,13H2,1H3,(H2,16,19,20). The molecule has 1 saturated heterocycles. The largest absolute Gasteiger partial charge is 0.300 e. The molecule has 21 heavy (non-hydrogen) atoms. The SMILES string of the molecule is CCc1cccc(CN2CCN(CCS(N)(=O)=O)CC2)c1. The molecule has 0 atom stereocenters. The summed E-state index contributed by atoms with van der Waals surface area (Å²) in [5, 5.41) is 5.04. The molecule has 0 bridgehead atoms. The maximum Gasteiger partial charge on any atom is 0.210 e. The molecule has 1 aromatic carbocycles. The van der Waals surface area contributed by atoms with E-state index in [0.29, 0.717) is 6.54 Å². The van der Waals surface area contributed by atoms with Crippen LogP contribution in [0.3, 0.4) is 0 Å². The molecule has 1 aromatic rings. The van der Waals surface area contributed by atoms with Gasteiger partial charge in [-0.25, -0.2) is 13.6 Å². The number of benzene rings is 1. The molecule has 0 radical (unpaired) electrons. The molecule has 0 aliphatic carbocycles. The van der Waals surface area contributed by atoms with Crippen molar-refractivity contribution in [2.75, 3.05) is 38.5 Å². The molecule has 6 heteroatoms. The quantitative estimate of drug-likeness (QED) is 0.838. The zero-order valence-corrected chi connectivity index (χ0v) is 13.5. The topological polar surface area (TPSA) is 66.6 Å². The fourth-order valence-corrected chi connectivity index (χ4v) is 3.15. The molecule has 0 saturated carbocycles. The zero-order chi connectivity index (χ0) is 15.3. The van der Waals surface area contributed by atoms with Crippen molar-refractivity contribution in [3.63, 3.8) is 0 Å². The normalized spacial score (nSPS) is 18.0. The fraction of sp³-hybridized carbons (Fsp3) is 0.600. The lowest BCUT2D eigenvalue weighted by atomic mass is 10.1. The Kier molecular flexibility index (Phi) is 5.75. The second-order valence-corrected chi connectivity index (χ2v) is 7.39. The smallest absolute Gasteiger partial charge is 0.210 e. The van der Waals surface area contributed by atoms with E-state index in [1.54, 1.807) is 0 Å². The summed E-state index contributed by atoms with van der Waals surface area (Å²) in [6, 6.07) is 8.73. The van der Waals surface area contributed by atoms with Crippen molar-refractivity contribution in [3.8, 4) is 0 Å². The van der Waals surface area contributed by atoms with Crippen LogP contribution in [0.25, 0.3) is 0 Å². The van der Waals surface area contributed by atoms with Crippen molar-refractivity contribution in [3.05, 3.63) is 35.4 Å². The predicted octanol–water partition coefficient (Wildman–Crippen LogP) is 0.655. The fourth-order valence-electron chi connectivity index (χ4n) is 2.63. The van der Waals surface area contributed by atoms with Crippen LogP contribution in [0.5, 0.6) is 0 Å². The Balaban J connectivity index is 1.78. The second-order valence-electron chi connectivity index (χ2n) is 5.66. The highest BCUT2D eigenvalue weighted by Crippen LogP contribution is 2.11. The van der Waals surface area contributed by atoms with Crippen molar-refractivity contribution in [1.29, 1.82) is 0 Å². The van der Waals surface area contributed by atoms with Crippen molar-refractivity contribution in [2.45, 2.75) is 19.9 Å². The van der Waals surface area contributed by atoms with E-state index in [9.17, 15) is 8.42 Å². The third kappa shape index (κ3) is 5.74. The molecule has 1 fully saturated rings. The van der Waals surface area contributed by atoms with Crippen LogP contribution in [0, 0.1) is 0 Å². The number of hydrogen-bond donors (Lipinski definition) is 1. The van der Waals surface area contributed by atoms with Gasteiger partial charge in [0.15, 0.2) is 0 Å². The molecule has 1 aliphatic rings. The molecule has 0 unspecified atom stereocenters. The summed E-state index contributed by atoms with van der Waals surface area (Å²) < 4.78 is 22.0. The number of nitrogens with zero attached hydrogens (tertiary/aromatic N) is 2. The number of primary sulfonamides is 1. The summed E-state index contributed by atoms with van der Waals surface area (Å²) in [6.45, 7) is 7.44. The van der Waals surface area contributed by atoms with Crippen LogP contribution < -0.4 is 5.14 Å². The highest BCUT2D eigenvalue weighted by molar-refractivity contribution is 7.89. The Labute approximate surface area is 127 Å². The van der Waals surface area contributed by atoms with Gasteiger partial charge in [0.2, 0.25) is 10.0 Å². The van der Waals surface area contributed by atoms with E-state index in [-0.39, 0.29) is 5.75 Å². The van der Waals surface area contributed by atoms with Gasteiger partial charge in [0.05, 0.1) is 5.75 Å². The Morgan fingerprint density at radius 3 is 2.33 bits per heavy atom. The van der Waals surface area contributed by atoms with Gasteiger partial charge in [-0.15, -0.1) is 0 Å². The number of rotatable bonds is 6. The average molecular weight is 311 g/mol. The Morgan fingerprint density at radius 2 is 1.71 bits per heavy atom. The summed E-state index contributed by atoms with van der Waals surface area (Å²) in [6.07, 6.45) is 1.06. The second kappa shape index (κ2) is 7.35. The molecule has 2 N–H and O–H groups in total. The van der Waals surface area contributed by atoms with E-state index in [1.807, 2.05) is 0 Å². The Hall–Kier alpha value is -0.950. The monoisotopic (exact) mass is 311 g/mol. The first-order chi connectivity index (χ1) is 9.96. The van der Waals surface area contributed by atoms with Crippen LogP contribution in [0.4, 0.5) is 0 Å². The van der Waals surface area contributed by atoms with Gasteiger partial charge in [-0.05, 0) is 17.5 Å². The number of piperazine rings is 1. The summed E-state index contributed by atoms with van der Waals surface area (Å²) in [5.41, 5.74) is 2.73. The van der Waals surface area contributed by atoms with Crippen LogP contribution in [0.2, 0.25) is 0 Å². The predicted molar refractivity (Wildman–Crippen MR) is 85.5 cm³/mol. The minimum atomic E-state index is -3.35. The molecular weight excluding hydrogens is 286 g/mol. The molecule has 5 nitrogen and oxygen atoms in total. The molecule has 1 aliphatic heterocycles. The van der Waals surface area contributed by atoms with Crippen LogP contribution in [-0.2, 0) is 23.0 Å². The maximum atomic E-state index is 11.0. The number of nitrogens with two attached hydrogens (primary N) is 1. The van der Waals surface area contributed by atoms with Crippen molar-refractivity contribution >= 4 is 10.0 Å². The maximum absolute atomic E-state index is 11.0. The first-order valence-electron chi connectivity index (χ1n) is 7.49. The lowest BCUT2D eigenvalue weighted by molar-refractivity contribution is 0.132. The van der Waals surface area contributed by atoms with Crippen molar-refractivity contribution in [1.82, 2.24) is 9.80 Å². The molecule has 0 spiro atoms. The lowest BCUT2D eigenvalue weighted by Crippen LogP contribution is -2.47. The van der Waals surface area contributed by atoms with Gasteiger partial charge in [0.25, 0.3) is 0 Å². The van der Waals surface area contributed by atoms with E-state index < -0.39 is 10.0 Å². The molecule has 118 valence electrons. The Bertz CT molecular complexity index is 552. The molecule has 1 heterocycles. The Morgan fingerprint density at radius 1 is 1.10 bits per heavy atom. The minimum Gasteiger partial charge on any atom is -0.300 e. The average Bonchev–Trinajstić information content (AvgIpc) is 2.46. The number of hydrogen-bond acceptors (Lipinski definition) is 4. The summed E-state index contributed by atoms with van der Waals surface area (Å²) in [4.78, 5) is 4.59. The highest BCUT2D eigenvalue weighted by Gasteiger charge is 2.18. The number of aryl methyl sites for hydroxylation is 1. The van der Waals surface area contributed by atoms with Crippen LogP contribution in [0.15, 0.2) is 24.3 Å². The molecular formula is C15H25N3O2S. The molecule has 0 amide bonds. The third-order valence-electron chi connectivity index (χ3n) is 3.96. The van der Waals surface area contributed by atoms with E-state index in [0.717, 1.165) is 39.1 Å². The third-order valence-corrected chi connectivity index (χ3v) is 4.71. The number of sulfonamides is 1. The van der Waals surface area contributed by atoms with Crippen LogP contribution in [-0.4, -0.2) is 56.7 Å². The van der Waals surface area contributed by atoms with E-state index in [2.05, 4.69) is 41.0 Å². The van der Waals surface area contributed by atoms with Gasteiger partial charge < -0.3 is 0 Å². The minimum absolute atomic E-state index is 0.0472. The van der Waals surface area contributed by atoms with Crippen molar-refractivity contribution < 1.29 is 8.42 Å². The van der Waals surface area contributed by atoms with E-state index in [4.69, 9.17) is 5.14 Å². The van der Waals surface area contributed by atoms with Gasteiger partial charge >= 0.3 is 0 Å². The van der Waals surface area contributed by atoms with E-state index >= 15 is 0 Å². The lowest BCUT2D eigenvalue weighted by Gasteiger charge is -2.34. The highest BCUT2D eigenvalue weighted by atomic mass is 32.2. The summed E-state index contributed by atoms with van der Waals surface area (Å²) in [5.74, 6) is 0.0472. The van der Waals surface area contributed by atoms with Crippen LogP contribution >= 0.6 is 0 Å². The van der Waals surface area contributed by atoms with Gasteiger partial charge in [0.1, 0.15) is 0 Å². The summed E-state index contributed by atoms with van der Waals surface area (Å²) in [7, 11) is -3.35. The van der Waals surface area contributed by atoms with E-state index in [1.165, 1.54) is 11.1 Å².